The number of carbonyl (C=O) groups is 2. The number of anilines is 1. The number of hydrogen-bond donors (Lipinski definition) is 3. The molecule has 0 aliphatic carbocycles. The van der Waals surface area contributed by atoms with E-state index in [1.54, 1.807) is 5.32 Å². The predicted octanol–water partition coefficient (Wildman–Crippen LogP) is 0.366. The quantitative estimate of drug-likeness (QED) is 0.480. The molecule has 1 aromatic heterocycles. The molecule has 168 valence electrons. The zero-order valence-corrected chi connectivity index (χ0v) is 16.9. The topological polar surface area (TPSA) is 132 Å². The number of aromatic nitrogens is 2. The van der Waals surface area contributed by atoms with E-state index in [9.17, 15) is 32.7 Å². The molecule has 1 aliphatic rings. The van der Waals surface area contributed by atoms with Crippen molar-refractivity contribution in [1.82, 2.24) is 14.9 Å². The first-order valence-electron chi connectivity index (χ1n) is 8.68. The summed E-state index contributed by atoms with van der Waals surface area (Å²) in [5, 5.41) is 13.4. The fourth-order valence-corrected chi connectivity index (χ4v) is 3.07. The van der Waals surface area contributed by atoms with E-state index in [2.05, 4.69) is 10.3 Å². The highest BCUT2D eigenvalue weighted by Crippen LogP contribution is 2.30. The molecule has 30 heavy (non-hydrogen) atoms. The third-order valence-electron chi connectivity index (χ3n) is 4.09. The van der Waals surface area contributed by atoms with Crippen LogP contribution in [0.1, 0.15) is 25.1 Å². The molecule has 2 heterocycles. The second-order valence-electron chi connectivity index (χ2n) is 6.33. The molecule has 10 nitrogen and oxygen atoms in total. The number of nitrogens with one attached hydrogen (secondary N) is 2. The molecule has 0 aromatic carbocycles. The number of carbonyl (C=O) groups excluding carboxylic acids is 2. The maximum Gasteiger partial charge on any atom is 0.471 e. The van der Waals surface area contributed by atoms with Gasteiger partial charge in [0.15, 0.2) is 0 Å². The Labute approximate surface area is 173 Å². The molecule has 0 saturated carbocycles. The highest BCUT2D eigenvalue weighted by Gasteiger charge is 2.39. The number of alkyl halides is 3. The van der Waals surface area contributed by atoms with Crippen LogP contribution in [-0.2, 0) is 25.6 Å². The molecule has 2 rings (SSSR count). The molecule has 3 unspecified atom stereocenters. The largest absolute Gasteiger partial charge is 0.471 e. The number of ether oxygens (including phenoxy) is 2. The number of aliphatic hydroxyl groups is 1. The number of amides is 2. The van der Waals surface area contributed by atoms with E-state index in [1.807, 2.05) is 6.26 Å². The van der Waals surface area contributed by atoms with Gasteiger partial charge in [-0.15, -0.1) is 11.8 Å². The predicted molar refractivity (Wildman–Crippen MR) is 99.6 cm³/mol. The molecule has 2 amide bonds. The molecule has 1 saturated heterocycles. The molecule has 0 bridgehead atoms. The molecule has 0 radical (unpaired) electrons. The van der Waals surface area contributed by atoms with Gasteiger partial charge < -0.3 is 25.2 Å². The Morgan fingerprint density at radius 1 is 1.47 bits per heavy atom. The van der Waals surface area contributed by atoms with Crippen LogP contribution in [0.2, 0.25) is 0 Å². The van der Waals surface area contributed by atoms with Gasteiger partial charge in [0, 0.05) is 31.6 Å². The van der Waals surface area contributed by atoms with Gasteiger partial charge in [-0.1, -0.05) is 0 Å². The lowest BCUT2D eigenvalue weighted by molar-refractivity contribution is -0.173. The van der Waals surface area contributed by atoms with E-state index in [0.717, 1.165) is 17.7 Å². The van der Waals surface area contributed by atoms with Crippen LogP contribution < -0.4 is 16.3 Å². The van der Waals surface area contributed by atoms with Crippen molar-refractivity contribution in [3.63, 3.8) is 0 Å². The fourth-order valence-electron chi connectivity index (χ4n) is 2.76. The van der Waals surface area contributed by atoms with Crippen LogP contribution in [0.5, 0.6) is 0 Å². The summed E-state index contributed by atoms with van der Waals surface area (Å²) in [4.78, 5) is 38.6. The van der Waals surface area contributed by atoms with Gasteiger partial charge in [0.05, 0.1) is 18.6 Å². The van der Waals surface area contributed by atoms with Gasteiger partial charge in [-0.25, -0.2) is 4.79 Å². The highest BCUT2D eigenvalue weighted by molar-refractivity contribution is 7.98. The first-order chi connectivity index (χ1) is 14.1. The van der Waals surface area contributed by atoms with E-state index < -0.39 is 48.7 Å². The van der Waals surface area contributed by atoms with E-state index in [4.69, 9.17) is 9.47 Å². The van der Waals surface area contributed by atoms with Gasteiger partial charge in [0.2, 0.25) is 5.91 Å². The Morgan fingerprint density at radius 3 is 2.73 bits per heavy atom. The number of nitrogens with zero attached hydrogens (tertiary/aromatic N) is 2. The standard InChI is InChI=1S/C16H21F3N4O6S/c1-8(25)21-13-9(4-20-14(26)16(17,18)19)5-23(15(27)22-13)12-3-10(28-7-30-2)11(6-24)29-12/h5,10-12,24H,3-4,6-7H2,1-2H3,(H,20,26)(H,21,22,25,27). The van der Waals surface area contributed by atoms with Crippen LogP contribution in [0.15, 0.2) is 11.0 Å². The van der Waals surface area contributed by atoms with Gasteiger partial charge >= 0.3 is 17.8 Å². The second kappa shape index (κ2) is 10.2. The lowest BCUT2D eigenvalue weighted by atomic mass is 10.2. The summed E-state index contributed by atoms with van der Waals surface area (Å²) in [6, 6.07) is 0. The van der Waals surface area contributed by atoms with Crippen molar-refractivity contribution in [3.05, 3.63) is 22.2 Å². The summed E-state index contributed by atoms with van der Waals surface area (Å²) in [5.41, 5.74) is -0.878. The third-order valence-corrected chi connectivity index (χ3v) is 4.46. The van der Waals surface area contributed by atoms with Crippen LogP contribution in [0.25, 0.3) is 0 Å². The third kappa shape index (κ3) is 6.17. The average molecular weight is 454 g/mol. The summed E-state index contributed by atoms with van der Waals surface area (Å²) < 4.78 is 49.6. The molecule has 3 atom stereocenters. The summed E-state index contributed by atoms with van der Waals surface area (Å²) in [5.74, 6) is -2.73. The molecule has 1 aliphatic heterocycles. The Morgan fingerprint density at radius 2 is 2.17 bits per heavy atom. The van der Waals surface area contributed by atoms with E-state index >= 15 is 0 Å². The molecule has 0 spiro atoms. The van der Waals surface area contributed by atoms with Crippen LogP contribution in [0.4, 0.5) is 19.0 Å². The van der Waals surface area contributed by atoms with Crippen LogP contribution >= 0.6 is 11.8 Å². The summed E-state index contributed by atoms with van der Waals surface area (Å²) in [7, 11) is 0. The van der Waals surface area contributed by atoms with Crippen molar-refractivity contribution in [3.8, 4) is 0 Å². The maximum absolute atomic E-state index is 12.5. The molecule has 3 N–H and O–H groups in total. The minimum atomic E-state index is -5.10. The molecule has 1 fully saturated rings. The van der Waals surface area contributed by atoms with Crippen LogP contribution in [0.3, 0.4) is 0 Å². The zero-order valence-electron chi connectivity index (χ0n) is 16.1. The van der Waals surface area contributed by atoms with Crippen LogP contribution in [-0.4, -0.2) is 63.7 Å². The van der Waals surface area contributed by atoms with Gasteiger partial charge in [0.25, 0.3) is 0 Å². The van der Waals surface area contributed by atoms with Crippen molar-refractivity contribution in [2.45, 2.75) is 44.5 Å². The fraction of sp³-hybridized carbons (Fsp3) is 0.625. The minimum absolute atomic E-state index is 0.0416. The SMILES string of the molecule is CSCOC1CC(n2cc(CNC(=O)C(F)(F)F)c(NC(C)=O)nc2=O)OC1CO. The number of aliphatic hydroxyl groups excluding tert-OH is 1. The number of thioether (sulfide) groups is 1. The molecule has 14 heteroatoms. The summed E-state index contributed by atoms with van der Waals surface area (Å²) in [6.45, 7) is 0.116. The monoisotopic (exact) mass is 454 g/mol. The Kier molecular flexibility index (Phi) is 8.23. The van der Waals surface area contributed by atoms with Crippen molar-refractivity contribution in [1.29, 1.82) is 0 Å². The van der Waals surface area contributed by atoms with Crippen molar-refractivity contribution in [2.24, 2.45) is 0 Å². The number of halogens is 3. The van der Waals surface area contributed by atoms with Crippen LogP contribution in [0, 0.1) is 0 Å². The van der Waals surface area contributed by atoms with Crippen molar-refractivity contribution >= 4 is 29.4 Å². The van der Waals surface area contributed by atoms with Gasteiger partial charge in [-0.05, 0) is 6.26 Å². The van der Waals surface area contributed by atoms with Gasteiger partial charge in [0.1, 0.15) is 18.1 Å². The van der Waals surface area contributed by atoms with Crippen molar-refractivity contribution in [2.75, 3.05) is 24.1 Å². The van der Waals surface area contributed by atoms with Gasteiger partial charge in [-0.2, -0.15) is 18.2 Å². The first kappa shape index (κ1) is 24.1. The Bertz CT molecular complexity index is 834. The number of rotatable bonds is 8. The Hall–Kier alpha value is -2.16. The zero-order chi connectivity index (χ0) is 22.5. The lowest BCUT2D eigenvalue weighted by Gasteiger charge is -2.18. The summed E-state index contributed by atoms with van der Waals surface area (Å²) >= 11 is 1.41. The summed E-state index contributed by atoms with van der Waals surface area (Å²) in [6.07, 6.45) is -4.08. The molecule has 1 aromatic rings. The van der Waals surface area contributed by atoms with E-state index in [1.165, 1.54) is 11.8 Å². The number of hydrogen-bond acceptors (Lipinski definition) is 8. The normalized spacial score (nSPS) is 21.5. The van der Waals surface area contributed by atoms with E-state index in [0.29, 0.717) is 5.94 Å². The first-order valence-corrected chi connectivity index (χ1v) is 10.1. The van der Waals surface area contributed by atoms with Gasteiger partial charge in [-0.3, -0.25) is 14.2 Å². The average Bonchev–Trinajstić information content (AvgIpc) is 3.07. The Balaban J connectivity index is 2.31. The highest BCUT2D eigenvalue weighted by atomic mass is 32.2. The maximum atomic E-state index is 12.5. The molecular formula is C16H21F3N4O6S. The lowest BCUT2D eigenvalue weighted by Crippen LogP contribution is -2.37. The van der Waals surface area contributed by atoms with E-state index in [-0.39, 0.29) is 24.4 Å². The molecular weight excluding hydrogens is 433 g/mol. The second-order valence-corrected chi connectivity index (χ2v) is 7.14. The minimum Gasteiger partial charge on any atom is -0.394 e. The smallest absolute Gasteiger partial charge is 0.394 e. The van der Waals surface area contributed by atoms with Crippen molar-refractivity contribution < 1.29 is 37.3 Å².